The van der Waals surface area contributed by atoms with Gasteiger partial charge in [0.05, 0.1) is 12.2 Å². The lowest BCUT2D eigenvalue weighted by Crippen LogP contribution is -2.35. The molecular formula is C12H23NO. The second-order valence-electron chi connectivity index (χ2n) is 4.86. The van der Waals surface area contributed by atoms with Gasteiger partial charge in [0, 0.05) is 0 Å². The van der Waals surface area contributed by atoms with Crippen LogP contribution in [0.3, 0.4) is 0 Å². The normalized spacial score (nSPS) is 34.9. The summed E-state index contributed by atoms with van der Waals surface area (Å²) >= 11 is 0. The van der Waals surface area contributed by atoms with Crippen LogP contribution in [0.1, 0.15) is 51.4 Å². The maximum absolute atomic E-state index is 6.18. The van der Waals surface area contributed by atoms with Gasteiger partial charge in [0.2, 0.25) is 0 Å². The molecule has 14 heavy (non-hydrogen) atoms. The molecular weight excluding hydrogens is 174 g/mol. The summed E-state index contributed by atoms with van der Waals surface area (Å²) in [4.78, 5) is 0. The van der Waals surface area contributed by atoms with Crippen LogP contribution in [-0.2, 0) is 4.74 Å². The Bertz CT molecular complexity index is 166. The molecule has 2 aliphatic carbocycles. The second kappa shape index (κ2) is 5.13. The number of ether oxygens (including phenoxy) is 1. The Morgan fingerprint density at radius 3 is 2.29 bits per heavy atom. The van der Waals surface area contributed by atoms with Crippen molar-refractivity contribution in [2.24, 2.45) is 11.7 Å². The van der Waals surface area contributed by atoms with Crippen molar-refractivity contribution >= 4 is 0 Å². The van der Waals surface area contributed by atoms with Crippen LogP contribution in [0.2, 0.25) is 0 Å². The van der Waals surface area contributed by atoms with Crippen molar-refractivity contribution in [2.45, 2.75) is 63.6 Å². The first-order valence-corrected chi connectivity index (χ1v) is 6.25. The highest BCUT2D eigenvalue weighted by Crippen LogP contribution is 2.30. The molecule has 2 N–H and O–H groups in total. The lowest BCUT2D eigenvalue weighted by atomic mass is 9.86. The molecule has 0 aliphatic heterocycles. The van der Waals surface area contributed by atoms with Gasteiger partial charge in [0.15, 0.2) is 0 Å². The third kappa shape index (κ3) is 2.48. The highest BCUT2D eigenvalue weighted by atomic mass is 16.5. The summed E-state index contributed by atoms with van der Waals surface area (Å²) < 4.78 is 6.18. The van der Waals surface area contributed by atoms with Gasteiger partial charge in [-0.25, -0.2) is 0 Å². The fraction of sp³-hybridized carbons (Fsp3) is 1.00. The van der Waals surface area contributed by atoms with Crippen LogP contribution in [0.15, 0.2) is 0 Å². The van der Waals surface area contributed by atoms with Crippen LogP contribution in [0.5, 0.6) is 0 Å². The van der Waals surface area contributed by atoms with E-state index in [-0.39, 0.29) is 0 Å². The van der Waals surface area contributed by atoms with Gasteiger partial charge in [-0.3, -0.25) is 0 Å². The Morgan fingerprint density at radius 2 is 1.57 bits per heavy atom. The van der Waals surface area contributed by atoms with E-state index in [0.29, 0.717) is 18.1 Å². The molecule has 2 nitrogen and oxygen atoms in total. The minimum atomic E-state index is 0.483. The van der Waals surface area contributed by atoms with Crippen LogP contribution >= 0.6 is 0 Å². The summed E-state index contributed by atoms with van der Waals surface area (Å²) in [6, 6.07) is 0. The zero-order valence-electron chi connectivity index (χ0n) is 9.08. The summed E-state index contributed by atoms with van der Waals surface area (Å²) in [7, 11) is 0. The summed E-state index contributed by atoms with van der Waals surface area (Å²) in [6.45, 7) is 0.817. The Balaban J connectivity index is 1.81. The maximum Gasteiger partial charge on any atom is 0.0619 e. The smallest absolute Gasteiger partial charge is 0.0619 e. The Kier molecular flexibility index (Phi) is 3.82. The van der Waals surface area contributed by atoms with Gasteiger partial charge in [0.1, 0.15) is 0 Å². The lowest BCUT2D eigenvalue weighted by molar-refractivity contribution is -0.0542. The molecule has 0 radical (unpaired) electrons. The predicted octanol–water partition coefficient (Wildman–Crippen LogP) is 2.46. The number of rotatable bonds is 3. The van der Waals surface area contributed by atoms with Crippen LogP contribution in [0, 0.1) is 5.92 Å². The zero-order valence-corrected chi connectivity index (χ0v) is 9.08. The fourth-order valence-electron chi connectivity index (χ4n) is 2.89. The van der Waals surface area contributed by atoms with Gasteiger partial charge in [-0.2, -0.15) is 0 Å². The van der Waals surface area contributed by atoms with Crippen molar-refractivity contribution in [1.82, 2.24) is 0 Å². The lowest BCUT2D eigenvalue weighted by Gasteiger charge is -2.32. The van der Waals surface area contributed by atoms with Gasteiger partial charge in [-0.05, 0) is 38.1 Å². The van der Waals surface area contributed by atoms with Gasteiger partial charge in [-0.15, -0.1) is 0 Å². The monoisotopic (exact) mass is 197 g/mol. The molecule has 2 heteroatoms. The van der Waals surface area contributed by atoms with Gasteiger partial charge in [-0.1, -0.05) is 25.7 Å². The van der Waals surface area contributed by atoms with E-state index in [2.05, 4.69) is 0 Å². The summed E-state index contributed by atoms with van der Waals surface area (Å²) in [5.41, 5.74) is 5.79. The van der Waals surface area contributed by atoms with Crippen molar-refractivity contribution in [3.8, 4) is 0 Å². The van der Waals surface area contributed by atoms with E-state index in [9.17, 15) is 0 Å². The van der Waals surface area contributed by atoms with Gasteiger partial charge >= 0.3 is 0 Å². The Morgan fingerprint density at radius 1 is 0.929 bits per heavy atom. The van der Waals surface area contributed by atoms with Gasteiger partial charge in [0.25, 0.3) is 0 Å². The first-order chi connectivity index (χ1) is 6.90. The molecule has 0 aromatic heterocycles. The second-order valence-corrected chi connectivity index (χ2v) is 4.86. The third-order valence-electron chi connectivity index (χ3n) is 3.81. The Hall–Kier alpha value is -0.0800. The van der Waals surface area contributed by atoms with E-state index in [4.69, 9.17) is 10.5 Å². The highest BCUT2D eigenvalue weighted by Gasteiger charge is 2.28. The number of nitrogens with two attached hydrogens (primary N) is 1. The molecule has 2 saturated carbocycles. The van der Waals surface area contributed by atoms with E-state index in [1.165, 1.54) is 51.4 Å². The molecule has 2 rings (SSSR count). The van der Waals surface area contributed by atoms with E-state index >= 15 is 0 Å². The minimum Gasteiger partial charge on any atom is -0.375 e. The molecule has 82 valence electrons. The summed E-state index contributed by atoms with van der Waals surface area (Å²) in [5.74, 6) is 0.643. The first-order valence-electron chi connectivity index (χ1n) is 6.25. The van der Waals surface area contributed by atoms with E-state index in [1.807, 2.05) is 0 Å². The molecule has 0 saturated heterocycles. The predicted molar refractivity (Wildman–Crippen MR) is 58.1 cm³/mol. The molecule has 0 spiro atoms. The van der Waals surface area contributed by atoms with Crippen molar-refractivity contribution < 1.29 is 4.74 Å². The zero-order chi connectivity index (χ0) is 9.80. The average molecular weight is 197 g/mol. The summed E-state index contributed by atoms with van der Waals surface area (Å²) in [6.07, 6.45) is 11.6. The highest BCUT2D eigenvalue weighted by molar-refractivity contribution is 4.79. The van der Waals surface area contributed by atoms with Crippen LogP contribution in [0.4, 0.5) is 0 Å². The average Bonchev–Trinajstić information content (AvgIpc) is 2.71. The number of hydrogen-bond donors (Lipinski definition) is 1. The third-order valence-corrected chi connectivity index (χ3v) is 3.81. The van der Waals surface area contributed by atoms with Crippen molar-refractivity contribution in [1.29, 1.82) is 0 Å². The summed E-state index contributed by atoms with van der Waals surface area (Å²) in [5, 5.41) is 0. The quantitative estimate of drug-likeness (QED) is 0.754. The maximum atomic E-state index is 6.18. The van der Waals surface area contributed by atoms with Crippen molar-refractivity contribution in [3.63, 3.8) is 0 Å². The van der Waals surface area contributed by atoms with Crippen molar-refractivity contribution in [2.75, 3.05) is 6.54 Å². The van der Waals surface area contributed by atoms with E-state index < -0.39 is 0 Å². The van der Waals surface area contributed by atoms with Gasteiger partial charge < -0.3 is 10.5 Å². The van der Waals surface area contributed by atoms with Crippen LogP contribution < -0.4 is 5.73 Å². The molecule has 0 amide bonds. The largest absolute Gasteiger partial charge is 0.375 e. The Labute approximate surface area is 87.2 Å². The molecule has 2 fully saturated rings. The topological polar surface area (TPSA) is 35.2 Å². The molecule has 0 aromatic carbocycles. The van der Waals surface area contributed by atoms with Crippen LogP contribution in [-0.4, -0.2) is 18.8 Å². The molecule has 0 bridgehead atoms. The minimum absolute atomic E-state index is 0.483. The molecule has 0 aromatic rings. The fourth-order valence-corrected chi connectivity index (χ4v) is 2.89. The molecule has 2 aliphatic rings. The molecule has 2 unspecified atom stereocenters. The molecule has 2 atom stereocenters. The van der Waals surface area contributed by atoms with Crippen molar-refractivity contribution in [3.05, 3.63) is 0 Å². The number of hydrogen-bond acceptors (Lipinski definition) is 2. The standard InChI is InChI=1S/C12H23NO/c13-9-10-5-1-4-8-12(10)14-11-6-2-3-7-11/h10-12H,1-9,13H2. The van der Waals surface area contributed by atoms with E-state index in [1.54, 1.807) is 0 Å². The van der Waals surface area contributed by atoms with E-state index in [0.717, 1.165) is 6.54 Å². The first kappa shape index (κ1) is 10.4. The SMILES string of the molecule is NCC1CCCCC1OC1CCCC1. The molecule has 0 heterocycles. The van der Waals surface area contributed by atoms with Crippen LogP contribution in [0.25, 0.3) is 0 Å².